The Hall–Kier alpha value is -2.57. The van der Waals surface area contributed by atoms with Crippen molar-refractivity contribution in [2.24, 2.45) is 13.0 Å². The van der Waals surface area contributed by atoms with Crippen molar-refractivity contribution in [1.82, 2.24) is 19.7 Å². The van der Waals surface area contributed by atoms with E-state index in [2.05, 4.69) is 39.6 Å². The molecular weight excluding hydrogens is 342 g/mol. The molecule has 0 spiro atoms. The lowest BCUT2D eigenvalue weighted by Crippen LogP contribution is -2.40. The van der Waals surface area contributed by atoms with Gasteiger partial charge in [0.2, 0.25) is 5.91 Å². The summed E-state index contributed by atoms with van der Waals surface area (Å²) in [4.78, 5) is 27.0. The van der Waals surface area contributed by atoms with Crippen molar-refractivity contribution < 1.29 is 4.79 Å². The lowest BCUT2D eigenvalue weighted by molar-refractivity contribution is -0.125. The Labute approximate surface area is 159 Å². The van der Waals surface area contributed by atoms with Crippen molar-refractivity contribution in [1.29, 1.82) is 0 Å². The molecule has 0 saturated heterocycles. The first-order chi connectivity index (χ1) is 13.1. The Morgan fingerprint density at radius 3 is 3.04 bits per heavy atom. The molecule has 4 rings (SSSR count). The highest BCUT2D eigenvalue weighted by Crippen LogP contribution is 2.26. The van der Waals surface area contributed by atoms with Crippen LogP contribution in [0.5, 0.6) is 0 Å². The van der Waals surface area contributed by atoms with Gasteiger partial charge in [0, 0.05) is 45.3 Å². The molecule has 1 N–H and O–H groups in total. The number of amides is 1. The maximum Gasteiger partial charge on any atom is 0.345 e. The van der Waals surface area contributed by atoms with E-state index in [0.29, 0.717) is 19.5 Å². The van der Waals surface area contributed by atoms with Crippen LogP contribution in [0.25, 0.3) is 0 Å². The van der Waals surface area contributed by atoms with Crippen molar-refractivity contribution in [3.8, 4) is 0 Å². The van der Waals surface area contributed by atoms with Gasteiger partial charge in [0.15, 0.2) is 0 Å². The number of benzene rings is 1. The van der Waals surface area contributed by atoms with E-state index < -0.39 is 0 Å². The number of carbonyl (C=O) groups is 1. The highest BCUT2D eigenvalue weighted by molar-refractivity contribution is 5.78. The van der Waals surface area contributed by atoms with E-state index in [-0.39, 0.29) is 17.5 Å². The van der Waals surface area contributed by atoms with Gasteiger partial charge < -0.3 is 10.2 Å². The van der Waals surface area contributed by atoms with Crippen LogP contribution in [0.15, 0.2) is 29.1 Å². The number of nitrogens with one attached hydrogen (secondary N) is 1. The molecule has 27 heavy (non-hydrogen) atoms. The van der Waals surface area contributed by atoms with E-state index in [1.807, 2.05) is 0 Å². The third-order valence-electron chi connectivity index (χ3n) is 5.69. The van der Waals surface area contributed by atoms with Crippen molar-refractivity contribution in [2.75, 3.05) is 24.5 Å². The second-order valence-electron chi connectivity index (χ2n) is 7.53. The molecule has 2 aliphatic rings. The molecular formula is C20H27N5O2. The molecule has 0 radical (unpaired) electrons. The number of para-hydroxylation sites is 1. The summed E-state index contributed by atoms with van der Waals surface area (Å²) in [5, 5.41) is 7.28. The third kappa shape index (κ3) is 3.63. The summed E-state index contributed by atoms with van der Waals surface area (Å²) in [7, 11) is 1.65. The minimum atomic E-state index is -0.143. The molecule has 3 heterocycles. The standard InChI is InChI=1S/C20H27N5O2/c1-23-20(27)25-14-16(9-10-18(25)22-23)19(26)21-11-5-13-24-12-4-7-15-6-2-3-8-17(15)24/h2-3,6,8,16H,4-5,7,9-14H2,1H3,(H,21,26)/t16-/m0/s1. The van der Waals surface area contributed by atoms with Crippen LogP contribution >= 0.6 is 0 Å². The van der Waals surface area contributed by atoms with Crippen molar-refractivity contribution >= 4 is 11.6 Å². The summed E-state index contributed by atoms with van der Waals surface area (Å²) >= 11 is 0. The lowest BCUT2D eigenvalue weighted by Gasteiger charge is -2.31. The van der Waals surface area contributed by atoms with E-state index in [1.54, 1.807) is 11.6 Å². The van der Waals surface area contributed by atoms with Gasteiger partial charge in [-0.2, -0.15) is 5.10 Å². The smallest absolute Gasteiger partial charge is 0.345 e. The number of rotatable bonds is 5. The monoisotopic (exact) mass is 369 g/mol. The fourth-order valence-electron chi connectivity index (χ4n) is 4.22. The number of aryl methyl sites for hydroxylation is 3. The Morgan fingerprint density at radius 2 is 2.15 bits per heavy atom. The van der Waals surface area contributed by atoms with Gasteiger partial charge in [0.05, 0.1) is 5.92 Å². The Morgan fingerprint density at radius 1 is 1.30 bits per heavy atom. The number of hydrogen-bond acceptors (Lipinski definition) is 4. The van der Waals surface area contributed by atoms with Crippen LogP contribution in [0, 0.1) is 5.92 Å². The van der Waals surface area contributed by atoms with Crippen LogP contribution in [0.3, 0.4) is 0 Å². The zero-order valence-electron chi connectivity index (χ0n) is 15.9. The van der Waals surface area contributed by atoms with Crippen molar-refractivity contribution in [2.45, 2.75) is 38.6 Å². The maximum atomic E-state index is 12.5. The first-order valence-electron chi connectivity index (χ1n) is 9.87. The van der Waals surface area contributed by atoms with E-state index >= 15 is 0 Å². The number of nitrogens with zero attached hydrogens (tertiary/aromatic N) is 4. The topological polar surface area (TPSA) is 72.2 Å². The van der Waals surface area contributed by atoms with E-state index in [1.165, 1.54) is 22.4 Å². The van der Waals surface area contributed by atoms with Crippen LogP contribution in [-0.2, 0) is 31.2 Å². The van der Waals surface area contributed by atoms with Crippen LogP contribution < -0.4 is 15.9 Å². The van der Waals surface area contributed by atoms with Crippen LogP contribution in [0.2, 0.25) is 0 Å². The van der Waals surface area contributed by atoms with Crippen molar-refractivity contribution in [3.63, 3.8) is 0 Å². The summed E-state index contributed by atoms with van der Waals surface area (Å²) in [5.41, 5.74) is 2.63. The predicted molar refractivity (Wildman–Crippen MR) is 104 cm³/mol. The zero-order valence-corrected chi connectivity index (χ0v) is 15.9. The molecule has 2 aromatic rings. The molecule has 7 heteroatoms. The number of anilines is 1. The molecule has 1 atom stereocenters. The summed E-state index contributed by atoms with van der Waals surface area (Å²) in [5.74, 6) is 0.695. The van der Waals surface area contributed by atoms with Gasteiger partial charge in [0.1, 0.15) is 5.82 Å². The highest BCUT2D eigenvalue weighted by atomic mass is 16.2. The number of carbonyl (C=O) groups excluding carboxylic acids is 1. The van der Waals surface area contributed by atoms with E-state index in [9.17, 15) is 9.59 Å². The molecule has 0 saturated carbocycles. The molecule has 1 aromatic heterocycles. The minimum absolute atomic E-state index is 0.0513. The first-order valence-corrected chi connectivity index (χ1v) is 9.87. The SMILES string of the molecule is Cn1nc2n(c1=O)C[C@@H](C(=O)NCCCN1CCCc3ccccc31)CC2. The molecule has 1 amide bonds. The summed E-state index contributed by atoms with van der Waals surface area (Å²) in [6.07, 6.45) is 4.69. The van der Waals surface area contributed by atoms with Gasteiger partial charge in [-0.1, -0.05) is 18.2 Å². The normalized spacial score (nSPS) is 18.7. The number of fused-ring (bicyclic) bond motifs is 2. The van der Waals surface area contributed by atoms with Gasteiger partial charge in [-0.15, -0.1) is 0 Å². The molecule has 144 valence electrons. The quantitative estimate of drug-likeness (QED) is 0.802. The molecule has 1 aromatic carbocycles. The molecule has 0 bridgehead atoms. The average Bonchev–Trinajstić information content (AvgIpc) is 2.98. The van der Waals surface area contributed by atoms with Crippen molar-refractivity contribution in [3.05, 3.63) is 46.1 Å². The fourth-order valence-corrected chi connectivity index (χ4v) is 4.22. The predicted octanol–water partition coefficient (Wildman–Crippen LogP) is 1.10. The fraction of sp³-hybridized carbons (Fsp3) is 0.550. The number of aromatic nitrogens is 3. The van der Waals surface area contributed by atoms with Gasteiger partial charge >= 0.3 is 5.69 Å². The van der Waals surface area contributed by atoms with Gasteiger partial charge in [0.25, 0.3) is 0 Å². The Kier molecular flexibility index (Phi) is 5.01. The average molecular weight is 369 g/mol. The van der Waals surface area contributed by atoms with E-state index in [4.69, 9.17) is 0 Å². The molecule has 0 fully saturated rings. The number of hydrogen-bond donors (Lipinski definition) is 1. The van der Waals surface area contributed by atoms with Crippen LogP contribution in [0.4, 0.5) is 5.69 Å². The summed E-state index contributed by atoms with van der Waals surface area (Å²) < 4.78 is 2.99. The molecule has 7 nitrogen and oxygen atoms in total. The lowest BCUT2D eigenvalue weighted by atomic mass is 9.98. The molecule has 0 unspecified atom stereocenters. The molecule has 2 aliphatic heterocycles. The van der Waals surface area contributed by atoms with Crippen LogP contribution in [0.1, 0.15) is 30.7 Å². The summed E-state index contributed by atoms with van der Waals surface area (Å²) in [6, 6.07) is 8.60. The largest absolute Gasteiger partial charge is 0.371 e. The minimum Gasteiger partial charge on any atom is -0.371 e. The Bertz CT molecular complexity index is 885. The van der Waals surface area contributed by atoms with E-state index in [0.717, 1.165) is 38.2 Å². The van der Waals surface area contributed by atoms with Crippen LogP contribution in [-0.4, -0.2) is 39.9 Å². The third-order valence-corrected chi connectivity index (χ3v) is 5.69. The van der Waals surface area contributed by atoms with Gasteiger partial charge in [-0.05, 0) is 37.3 Å². The Balaban J connectivity index is 1.26. The molecule has 0 aliphatic carbocycles. The maximum absolute atomic E-state index is 12.5. The van der Waals surface area contributed by atoms with Gasteiger partial charge in [-0.25, -0.2) is 9.48 Å². The second kappa shape index (κ2) is 7.58. The second-order valence-corrected chi connectivity index (χ2v) is 7.53. The first kappa shape index (κ1) is 17.8. The highest BCUT2D eigenvalue weighted by Gasteiger charge is 2.27. The summed E-state index contributed by atoms with van der Waals surface area (Å²) in [6.45, 7) is 3.14. The van der Waals surface area contributed by atoms with Gasteiger partial charge in [-0.3, -0.25) is 9.36 Å². The zero-order chi connectivity index (χ0) is 18.8.